The average Bonchev–Trinajstić information content (AvgIpc) is 3.32. The van der Waals surface area contributed by atoms with Crippen molar-refractivity contribution in [3.8, 4) is 0 Å². The van der Waals surface area contributed by atoms with Gasteiger partial charge in [0.15, 0.2) is 0 Å². The van der Waals surface area contributed by atoms with Crippen molar-refractivity contribution >= 4 is 29.7 Å². The number of pyridine rings is 2. The molecule has 20 heteroatoms. The van der Waals surface area contributed by atoms with Crippen molar-refractivity contribution in [2.75, 3.05) is 18.8 Å². The second kappa shape index (κ2) is 16.4. The summed E-state index contributed by atoms with van der Waals surface area (Å²) >= 11 is 2.09. The maximum absolute atomic E-state index is 10.6. The topological polar surface area (TPSA) is 150 Å². The van der Waals surface area contributed by atoms with Crippen LogP contribution in [0, 0.1) is 0 Å². The van der Waals surface area contributed by atoms with E-state index in [9.17, 15) is 39.5 Å². The van der Waals surface area contributed by atoms with Gasteiger partial charge < -0.3 is 20.1 Å². The maximum atomic E-state index is 10.6. The standard InChI is InChI=1S/C18H21N3OS.3C2HF3O2/c1-3-15(8-19-5-1)10-21-13-18(14-21)7-17(12-23-18)22-11-16-4-2-6-20-9-16;3*3-2(4,5)1(6)7/h1-6,8-9,17H,7,10-14H2;3*(H,6,7). The summed E-state index contributed by atoms with van der Waals surface area (Å²) in [5.74, 6) is -7.16. The van der Waals surface area contributed by atoms with Crippen molar-refractivity contribution in [2.45, 2.75) is 49.0 Å². The lowest BCUT2D eigenvalue weighted by Crippen LogP contribution is -2.58. The van der Waals surface area contributed by atoms with Crippen molar-refractivity contribution in [2.24, 2.45) is 0 Å². The highest BCUT2D eigenvalue weighted by molar-refractivity contribution is 8.01. The Labute approximate surface area is 246 Å². The van der Waals surface area contributed by atoms with E-state index in [1.54, 1.807) is 6.20 Å². The molecule has 4 rings (SSSR count). The number of carboxylic acids is 3. The first-order valence-electron chi connectivity index (χ1n) is 11.8. The Balaban J connectivity index is 0.000000379. The third kappa shape index (κ3) is 14.7. The van der Waals surface area contributed by atoms with Gasteiger partial charge in [0.05, 0.1) is 12.7 Å². The first-order chi connectivity index (χ1) is 20.1. The smallest absolute Gasteiger partial charge is 0.475 e. The van der Waals surface area contributed by atoms with Crippen molar-refractivity contribution in [3.63, 3.8) is 0 Å². The van der Waals surface area contributed by atoms with E-state index in [1.165, 1.54) is 25.1 Å². The van der Waals surface area contributed by atoms with Crippen LogP contribution in [-0.4, -0.2) is 96.3 Å². The van der Waals surface area contributed by atoms with Crippen LogP contribution >= 0.6 is 11.8 Å². The second-order valence-corrected chi connectivity index (χ2v) is 10.4. The van der Waals surface area contributed by atoms with Gasteiger partial charge in [-0.25, -0.2) is 14.4 Å². The van der Waals surface area contributed by atoms with Crippen LogP contribution in [0.4, 0.5) is 39.5 Å². The van der Waals surface area contributed by atoms with Gasteiger partial charge in [-0.3, -0.25) is 14.9 Å². The van der Waals surface area contributed by atoms with E-state index in [0.717, 1.165) is 17.9 Å². The predicted molar refractivity (Wildman–Crippen MR) is 133 cm³/mol. The van der Waals surface area contributed by atoms with Gasteiger partial charge in [0.25, 0.3) is 0 Å². The number of carboxylic acid groups (broad SMARTS) is 3. The van der Waals surface area contributed by atoms with Gasteiger partial charge in [-0.2, -0.15) is 39.5 Å². The highest BCUT2D eigenvalue weighted by atomic mass is 32.2. The fourth-order valence-corrected chi connectivity index (χ4v) is 5.06. The molecular weight excluding hydrogens is 645 g/mol. The van der Waals surface area contributed by atoms with Crippen molar-refractivity contribution < 1.29 is 74.0 Å². The van der Waals surface area contributed by atoms with E-state index in [0.29, 0.717) is 17.5 Å². The van der Waals surface area contributed by atoms with E-state index in [2.05, 4.69) is 38.8 Å². The van der Waals surface area contributed by atoms with E-state index in [1.807, 2.05) is 30.7 Å². The van der Waals surface area contributed by atoms with Crippen molar-refractivity contribution in [1.29, 1.82) is 0 Å². The van der Waals surface area contributed by atoms with Gasteiger partial charge in [0.2, 0.25) is 0 Å². The van der Waals surface area contributed by atoms with Gasteiger partial charge in [-0.15, -0.1) is 11.8 Å². The molecule has 0 aliphatic carbocycles. The van der Waals surface area contributed by atoms with Crippen LogP contribution in [0.15, 0.2) is 49.1 Å². The predicted octanol–water partition coefficient (Wildman–Crippen LogP) is 4.65. The Morgan fingerprint density at radius 1 is 0.818 bits per heavy atom. The number of aliphatic carboxylic acids is 3. The number of alkyl halides is 9. The maximum Gasteiger partial charge on any atom is 0.490 e. The molecule has 2 aromatic heterocycles. The third-order valence-electron chi connectivity index (χ3n) is 5.26. The zero-order valence-electron chi connectivity index (χ0n) is 22.1. The van der Waals surface area contributed by atoms with Crippen LogP contribution in [0.1, 0.15) is 17.5 Å². The number of rotatable bonds is 5. The minimum Gasteiger partial charge on any atom is -0.475 e. The quantitative estimate of drug-likeness (QED) is 0.382. The summed E-state index contributed by atoms with van der Waals surface area (Å²) in [6, 6.07) is 8.20. The normalized spacial score (nSPS) is 17.4. The first kappa shape index (κ1) is 38.4. The molecule has 2 saturated heterocycles. The SMILES string of the molecule is O=C(O)C(F)(F)F.O=C(O)C(F)(F)F.O=C(O)C(F)(F)F.c1cncc(COC2CSC3(C2)CN(Cc2cccnc2)C3)c1. The molecule has 2 fully saturated rings. The molecule has 2 aliphatic heterocycles. The molecule has 1 atom stereocenters. The van der Waals surface area contributed by atoms with Crippen molar-refractivity contribution in [3.05, 3.63) is 60.2 Å². The molecule has 1 spiro atoms. The Hall–Kier alpha value is -3.65. The van der Waals surface area contributed by atoms with Gasteiger partial charge in [0, 0.05) is 54.9 Å². The van der Waals surface area contributed by atoms with Gasteiger partial charge >= 0.3 is 36.4 Å². The number of aromatic nitrogens is 2. The molecule has 10 nitrogen and oxygen atoms in total. The molecule has 3 N–H and O–H groups in total. The van der Waals surface area contributed by atoms with Crippen LogP contribution in [0.2, 0.25) is 0 Å². The Bertz CT molecular complexity index is 1140. The number of hydrogen-bond acceptors (Lipinski definition) is 8. The first-order valence-corrected chi connectivity index (χ1v) is 12.8. The van der Waals surface area contributed by atoms with E-state index in [4.69, 9.17) is 34.4 Å². The molecule has 0 bridgehead atoms. The zero-order valence-corrected chi connectivity index (χ0v) is 22.9. The molecule has 4 heterocycles. The van der Waals surface area contributed by atoms with Crippen LogP contribution in [0.5, 0.6) is 0 Å². The zero-order chi connectivity index (χ0) is 33.8. The number of halogens is 9. The van der Waals surface area contributed by atoms with E-state index < -0.39 is 36.4 Å². The van der Waals surface area contributed by atoms with Crippen LogP contribution in [0.3, 0.4) is 0 Å². The fourth-order valence-electron chi connectivity index (χ4n) is 3.46. The van der Waals surface area contributed by atoms with Crippen molar-refractivity contribution in [1.82, 2.24) is 14.9 Å². The van der Waals surface area contributed by atoms with Crippen LogP contribution < -0.4 is 0 Å². The van der Waals surface area contributed by atoms with E-state index in [-0.39, 0.29) is 0 Å². The summed E-state index contributed by atoms with van der Waals surface area (Å²) in [6.45, 7) is 4.02. The summed E-state index contributed by atoms with van der Waals surface area (Å²) in [5, 5.41) is 21.4. The molecule has 246 valence electrons. The van der Waals surface area contributed by atoms with E-state index >= 15 is 0 Å². The lowest BCUT2D eigenvalue weighted by atomic mass is 9.92. The lowest BCUT2D eigenvalue weighted by molar-refractivity contribution is -0.193. The minimum absolute atomic E-state index is 0.376. The Kier molecular flexibility index (Phi) is 14.3. The highest BCUT2D eigenvalue weighted by Crippen LogP contribution is 2.46. The van der Waals surface area contributed by atoms with Crippen LogP contribution in [-0.2, 0) is 32.3 Å². The minimum atomic E-state index is -5.08. The molecule has 0 radical (unpaired) electrons. The molecule has 2 aromatic rings. The summed E-state index contributed by atoms with van der Waals surface area (Å²) < 4.78 is 102. The van der Waals surface area contributed by atoms with Gasteiger partial charge in [-0.05, 0) is 29.7 Å². The number of ether oxygens (including phenoxy) is 1. The number of hydrogen-bond donors (Lipinski definition) is 3. The van der Waals surface area contributed by atoms with Gasteiger partial charge in [-0.1, -0.05) is 12.1 Å². The summed E-state index contributed by atoms with van der Waals surface area (Å²) in [5.41, 5.74) is 2.46. The lowest BCUT2D eigenvalue weighted by Gasteiger charge is -2.47. The Morgan fingerprint density at radius 2 is 1.23 bits per heavy atom. The molecule has 44 heavy (non-hydrogen) atoms. The summed E-state index contributed by atoms with van der Waals surface area (Å²) in [6.07, 6.45) is -6.22. The molecule has 2 aliphatic rings. The number of likely N-dealkylation sites (tertiary alicyclic amines) is 1. The molecule has 0 saturated carbocycles. The fraction of sp³-hybridized carbons (Fsp3) is 0.458. The molecule has 0 amide bonds. The molecule has 1 unspecified atom stereocenters. The molecule has 0 aromatic carbocycles. The monoisotopic (exact) mass is 669 g/mol. The van der Waals surface area contributed by atoms with Gasteiger partial charge in [0.1, 0.15) is 0 Å². The summed E-state index contributed by atoms with van der Waals surface area (Å²) in [4.78, 5) is 37.5. The molecular formula is C24H24F9N3O7S. The number of nitrogens with zero attached hydrogens (tertiary/aromatic N) is 3. The largest absolute Gasteiger partial charge is 0.490 e. The Morgan fingerprint density at radius 3 is 1.59 bits per heavy atom. The average molecular weight is 670 g/mol. The third-order valence-corrected chi connectivity index (χ3v) is 6.84. The second-order valence-electron chi connectivity index (χ2n) is 8.91. The number of thioether (sulfide) groups is 1. The number of carbonyl (C=O) groups is 3. The highest BCUT2D eigenvalue weighted by Gasteiger charge is 2.49. The summed E-state index contributed by atoms with van der Waals surface area (Å²) in [7, 11) is 0. The van der Waals surface area contributed by atoms with Crippen LogP contribution in [0.25, 0.3) is 0 Å².